The molecular weight excluding hydrogens is 188 g/mol. The zero-order valence-electron chi connectivity index (χ0n) is 8.18. The quantitative estimate of drug-likeness (QED) is 0.746. The van der Waals surface area contributed by atoms with Crippen LogP contribution < -0.4 is 5.32 Å². The Morgan fingerprint density at radius 3 is 2.40 bits per heavy atom. The van der Waals surface area contributed by atoms with Gasteiger partial charge in [-0.2, -0.15) is 0 Å². The Kier molecular flexibility index (Phi) is 2.83. The summed E-state index contributed by atoms with van der Waals surface area (Å²) in [4.78, 5) is 9.99. The third-order valence-electron chi connectivity index (χ3n) is 2.20. The van der Waals surface area contributed by atoms with E-state index >= 15 is 0 Å². The van der Waals surface area contributed by atoms with Crippen LogP contribution in [0.2, 0.25) is 0 Å². The third-order valence-corrected chi connectivity index (χ3v) is 2.20. The van der Waals surface area contributed by atoms with Crippen molar-refractivity contribution in [2.75, 3.05) is 0 Å². The highest BCUT2D eigenvalue weighted by molar-refractivity contribution is 5.47. The first-order chi connectivity index (χ1) is 7.40. The molecule has 0 unspecified atom stereocenters. The van der Waals surface area contributed by atoms with Crippen LogP contribution in [0.3, 0.4) is 0 Å². The summed E-state index contributed by atoms with van der Waals surface area (Å²) in [5.74, 6) is 0. The van der Waals surface area contributed by atoms with Crippen molar-refractivity contribution < 1.29 is 4.79 Å². The first-order valence-electron chi connectivity index (χ1n) is 4.72. The van der Waals surface area contributed by atoms with Crippen molar-refractivity contribution in [1.29, 1.82) is 0 Å². The first kappa shape index (κ1) is 9.52. The van der Waals surface area contributed by atoms with E-state index in [1.807, 2.05) is 53.4 Å². The molecule has 0 saturated carbocycles. The molecule has 0 saturated heterocycles. The molecule has 75 valence electrons. The fourth-order valence-electron chi connectivity index (χ4n) is 1.43. The molecule has 2 aromatic rings. The predicted octanol–water partition coefficient (Wildman–Crippen LogP) is 1.63. The highest BCUT2D eigenvalue weighted by Crippen LogP contribution is 2.09. The van der Waals surface area contributed by atoms with E-state index < -0.39 is 0 Å². The number of amides is 1. The summed E-state index contributed by atoms with van der Waals surface area (Å²) < 4.78 is 2.03. The summed E-state index contributed by atoms with van der Waals surface area (Å²) in [5, 5.41) is 2.51. The highest BCUT2D eigenvalue weighted by Gasteiger charge is 1.95. The molecule has 1 aromatic carbocycles. The molecule has 15 heavy (non-hydrogen) atoms. The zero-order chi connectivity index (χ0) is 10.5. The molecule has 0 aliphatic heterocycles. The van der Waals surface area contributed by atoms with Gasteiger partial charge in [0.15, 0.2) is 0 Å². The molecule has 0 spiro atoms. The largest absolute Gasteiger partial charge is 0.344 e. The maximum Gasteiger partial charge on any atom is 0.309 e. The SMILES string of the molecule is O=[C]NCc1ccc(-n2cccc2)cc1. The second kappa shape index (κ2) is 4.46. The average molecular weight is 199 g/mol. The van der Waals surface area contributed by atoms with Gasteiger partial charge in [0.25, 0.3) is 0 Å². The Bertz CT molecular complexity index is 417. The topological polar surface area (TPSA) is 34.0 Å². The van der Waals surface area contributed by atoms with Crippen LogP contribution in [0, 0.1) is 0 Å². The Morgan fingerprint density at radius 1 is 1.13 bits per heavy atom. The van der Waals surface area contributed by atoms with Crippen LogP contribution >= 0.6 is 0 Å². The lowest BCUT2D eigenvalue weighted by Crippen LogP contribution is -2.09. The summed E-state index contributed by atoms with van der Waals surface area (Å²) in [5.41, 5.74) is 2.17. The summed E-state index contributed by atoms with van der Waals surface area (Å²) >= 11 is 0. The van der Waals surface area contributed by atoms with Crippen LogP contribution in [0.5, 0.6) is 0 Å². The minimum absolute atomic E-state index is 0.523. The van der Waals surface area contributed by atoms with E-state index in [-0.39, 0.29) is 0 Å². The standard InChI is InChI=1S/C12H11N2O/c15-10-13-9-11-3-5-12(6-4-11)14-7-1-2-8-14/h1-8H,9H2,(H,13,15). The molecule has 1 amide bonds. The molecule has 1 aromatic heterocycles. The van der Waals surface area contributed by atoms with Crippen LogP contribution in [0.4, 0.5) is 0 Å². The van der Waals surface area contributed by atoms with Crippen molar-refractivity contribution in [2.24, 2.45) is 0 Å². The average Bonchev–Trinajstić information content (AvgIpc) is 2.80. The van der Waals surface area contributed by atoms with Gasteiger partial charge in [-0.15, -0.1) is 0 Å². The minimum atomic E-state index is 0.523. The molecule has 0 fully saturated rings. The predicted molar refractivity (Wildman–Crippen MR) is 58.3 cm³/mol. The van der Waals surface area contributed by atoms with E-state index in [1.54, 1.807) is 6.41 Å². The van der Waals surface area contributed by atoms with Gasteiger partial charge in [0.05, 0.1) is 0 Å². The lowest BCUT2D eigenvalue weighted by Gasteiger charge is -2.04. The van der Waals surface area contributed by atoms with E-state index in [4.69, 9.17) is 0 Å². The van der Waals surface area contributed by atoms with Crippen molar-refractivity contribution >= 4 is 6.41 Å². The molecule has 1 N–H and O–H groups in total. The van der Waals surface area contributed by atoms with Crippen LogP contribution in [0.1, 0.15) is 5.56 Å². The summed E-state index contributed by atoms with van der Waals surface area (Å²) in [6.45, 7) is 0.523. The highest BCUT2D eigenvalue weighted by atomic mass is 16.1. The zero-order valence-corrected chi connectivity index (χ0v) is 8.18. The third kappa shape index (κ3) is 2.26. The molecule has 0 aliphatic rings. The van der Waals surface area contributed by atoms with Crippen molar-refractivity contribution in [3.8, 4) is 5.69 Å². The first-order valence-corrected chi connectivity index (χ1v) is 4.72. The summed E-state index contributed by atoms with van der Waals surface area (Å²) in [7, 11) is 0. The monoisotopic (exact) mass is 199 g/mol. The van der Waals surface area contributed by atoms with Crippen molar-refractivity contribution in [1.82, 2.24) is 9.88 Å². The minimum Gasteiger partial charge on any atom is -0.344 e. The number of aromatic nitrogens is 1. The van der Waals surface area contributed by atoms with Crippen molar-refractivity contribution in [2.45, 2.75) is 6.54 Å². The Balaban J connectivity index is 2.14. The Hall–Kier alpha value is -2.03. The normalized spacial score (nSPS) is 9.87. The van der Waals surface area contributed by atoms with Crippen molar-refractivity contribution in [3.05, 3.63) is 54.4 Å². The number of hydrogen-bond acceptors (Lipinski definition) is 1. The Labute approximate surface area is 88.3 Å². The van der Waals surface area contributed by atoms with E-state index in [2.05, 4.69) is 5.32 Å². The smallest absolute Gasteiger partial charge is 0.309 e. The molecular formula is C12H11N2O. The van der Waals surface area contributed by atoms with E-state index in [1.165, 1.54) is 0 Å². The van der Waals surface area contributed by atoms with Gasteiger partial charge in [-0.05, 0) is 29.8 Å². The van der Waals surface area contributed by atoms with Gasteiger partial charge in [-0.25, -0.2) is 0 Å². The van der Waals surface area contributed by atoms with E-state index in [9.17, 15) is 4.79 Å². The van der Waals surface area contributed by atoms with Gasteiger partial charge in [0.1, 0.15) is 0 Å². The lowest BCUT2D eigenvalue weighted by molar-refractivity contribution is 0.542. The molecule has 0 aliphatic carbocycles. The summed E-state index contributed by atoms with van der Waals surface area (Å²) in [6.07, 6.45) is 5.64. The molecule has 2 rings (SSSR count). The number of hydrogen-bond donors (Lipinski definition) is 1. The maximum absolute atomic E-state index is 9.99. The van der Waals surface area contributed by atoms with E-state index in [0.29, 0.717) is 6.54 Å². The van der Waals surface area contributed by atoms with Gasteiger partial charge in [-0.3, -0.25) is 4.79 Å². The lowest BCUT2D eigenvalue weighted by atomic mass is 10.2. The number of carbonyl (C=O) groups excluding carboxylic acids is 1. The number of benzene rings is 1. The number of nitrogens with zero attached hydrogens (tertiary/aromatic N) is 1. The van der Waals surface area contributed by atoms with E-state index in [0.717, 1.165) is 11.3 Å². The fourth-order valence-corrected chi connectivity index (χ4v) is 1.43. The molecule has 3 nitrogen and oxygen atoms in total. The second-order valence-corrected chi connectivity index (χ2v) is 3.21. The van der Waals surface area contributed by atoms with Gasteiger partial charge < -0.3 is 9.88 Å². The summed E-state index contributed by atoms with van der Waals surface area (Å²) in [6, 6.07) is 12.0. The molecule has 0 atom stereocenters. The van der Waals surface area contributed by atoms with Crippen LogP contribution in [-0.4, -0.2) is 11.0 Å². The maximum atomic E-state index is 9.99. The molecule has 1 radical (unpaired) electrons. The van der Waals surface area contributed by atoms with Gasteiger partial charge in [0, 0.05) is 24.6 Å². The second-order valence-electron chi connectivity index (χ2n) is 3.21. The van der Waals surface area contributed by atoms with Crippen molar-refractivity contribution in [3.63, 3.8) is 0 Å². The van der Waals surface area contributed by atoms with Crippen LogP contribution in [-0.2, 0) is 11.3 Å². The van der Waals surface area contributed by atoms with Gasteiger partial charge >= 0.3 is 6.41 Å². The van der Waals surface area contributed by atoms with Crippen LogP contribution in [0.25, 0.3) is 5.69 Å². The Morgan fingerprint density at radius 2 is 1.80 bits per heavy atom. The molecule has 3 heteroatoms. The van der Waals surface area contributed by atoms with Gasteiger partial charge in [-0.1, -0.05) is 12.1 Å². The molecule has 1 heterocycles. The van der Waals surface area contributed by atoms with Crippen LogP contribution in [0.15, 0.2) is 48.8 Å². The number of nitrogens with one attached hydrogen (secondary N) is 1. The number of rotatable bonds is 4. The fraction of sp³-hybridized carbons (Fsp3) is 0.0833. The molecule has 0 bridgehead atoms. The van der Waals surface area contributed by atoms with Gasteiger partial charge in [0.2, 0.25) is 0 Å².